The number of hydrogen-bond donors (Lipinski definition) is 2. The standard InChI is InChI=1S/C21H25NO4/c1-15(2)26-18-10-8-17(9-11-18)20(23)12-13-22-19(14-21(24)25)16-6-4-3-5-7-16/h3-11,15,19,22H,12-14H2,1-2H3,(H,24,25). The molecule has 0 aliphatic heterocycles. The number of rotatable bonds is 10. The van der Waals surface area contributed by atoms with Gasteiger partial charge in [0.25, 0.3) is 0 Å². The van der Waals surface area contributed by atoms with E-state index in [1.165, 1.54) is 0 Å². The van der Waals surface area contributed by atoms with E-state index in [9.17, 15) is 9.59 Å². The highest BCUT2D eigenvalue weighted by atomic mass is 16.5. The Kier molecular flexibility index (Phi) is 7.36. The van der Waals surface area contributed by atoms with Gasteiger partial charge in [-0.05, 0) is 43.7 Å². The third kappa shape index (κ3) is 6.33. The highest BCUT2D eigenvalue weighted by Gasteiger charge is 2.15. The summed E-state index contributed by atoms with van der Waals surface area (Å²) in [6.45, 7) is 4.31. The Morgan fingerprint density at radius 2 is 1.69 bits per heavy atom. The van der Waals surface area contributed by atoms with Crippen LogP contribution in [0.3, 0.4) is 0 Å². The van der Waals surface area contributed by atoms with Crippen molar-refractivity contribution in [2.45, 2.75) is 38.8 Å². The maximum absolute atomic E-state index is 12.3. The quantitative estimate of drug-likeness (QED) is 0.633. The van der Waals surface area contributed by atoms with Gasteiger partial charge in [-0.1, -0.05) is 30.3 Å². The largest absolute Gasteiger partial charge is 0.491 e. The lowest BCUT2D eigenvalue weighted by Crippen LogP contribution is -2.26. The first-order chi connectivity index (χ1) is 12.5. The molecule has 5 nitrogen and oxygen atoms in total. The Morgan fingerprint density at radius 3 is 2.27 bits per heavy atom. The Morgan fingerprint density at radius 1 is 1.04 bits per heavy atom. The minimum absolute atomic E-state index is 0.00994. The first-order valence-corrected chi connectivity index (χ1v) is 8.75. The minimum Gasteiger partial charge on any atom is -0.491 e. The molecular formula is C21H25NO4. The van der Waals surface area contributed by atoms with E-state index in [-0.39, 0.29) is 24.3 Å². The summed E-state index contributed by atoms with van der Waals surface area (Å²) in [6.07, 6.45) is 0.358. The van der Waals surface area contributed by atoms with Crippen LogP contribution >= 0.6 is 0 Å². The maximum Gasteiger partial charge on any atom is 0.305 e. The summed E-state index contributed by atoms with van der Waals surface area (Å²) in [6, 6.07) is 16.2. The molecule has 5 heteroatoms. The minimum atomic E-state index is -0.876. The summed E-state index contributed by atoms with van der Waals surface area (Å²) in [5, 5.41) is 12.3. The van der Waals surface area contributed by atoms with Crippen LogP contribution < -0.4 is 10.1 Å². The number of benzene rings is 2. The van der Waals surface area contributed by atoms with Crippen LogP contribution in [0.15, 0.2) is 54.6 Å². The van der Waals surface area contributed by atoms with Gasteiger partial charge in [0.2, 0.25) is 0 Å². The van der Waals surface area contributed by atoms with Crippen molar-refractivity contribution in [3.05, 3.63) is 65.7 Å². The summed E-state index contributed by atoms with van der Waals surface area (Å²) in [4.78, 5) is 23.4. The van der Waals surface area contributed by atoms with E-state index in [0.717, 1.165) is 11.3 Å². The molecule has 0 bridgehead atoms. The summed E-state index contributed by atoms with van der Waals surface area (Å²) < 4.78 is 5.57. The fraction of sp³-hybridized carbons (Fsp3) is 0.333. The SMILES string of the molecule is CC(C)Oc1ccc(C(=O)CCNC(CC(=O)O)c2ccccc2)cc1. The van der Waals surface area contributed by atoms with Gasteiger partial charge in [0.1, 0.15) is 5.75 Å². The van der Waals surface area contributed by atoms with Crippen molar-refractivity contribution in [3.63, 3.8) is 0 Å². The van der Waals surface area contributed by atoms with Gasteiger partial charge < -0.3 is 15.2 Å². The van der Waals surface area contributed by atoms with Crippen LogP contribution in [-0.2, 0) is 4.79 Å². The number of ether oxygens (including phenoxy) is 1. The molecule has 0 amide bonds. The van der Waals surface area contributed by atoms with Crippen LogP contribution in [0.1, 0.15) is 48.7 Å². The summed E-state index contributed by atoms with van der Waals surface area (Å²) in [7, 11) is 0. The Bertz CT molecular complexity index is 711. The van der Waals surface area contributed by atoms with E-state index in [1.807, 2.05) is 44.2 Å². The highest BCUT2D eigenvalue weighted by molar-refractivity contribution is 5.96. The number of ketones is 1. The first kappa shape index (κ1) is 19.7. The van der Waals surface area contributed by atoms with Gasteiger partial charge in [-0.2, -0.15) is 0 Å². The molecule has 2 aromatic rings. The van der Waals surface area contributed by atoms with Gasteiger partial charge in [-0.3, -0.25) is 9.59 Å². The van der Waals surface area contributed by atoms with Gasteiger partial charge in [0.05, 0.1) is 12.5 Å². The molecule has 0 spiro atoms. The molecule has 2 N–H and O–H groups in total. The predicted molar refractivity (Wildman–Crippen MR) is 101 cm³/mol. The zero-order valence-corrected chi connectivity index (χ0v) is 15.1. The van der Waals surface area contributed by atoms with Crippen molar-refractivity contribution in [1.29, 1.82) is 0 Å². The molecule has 26 heavy (non-hydrogen) atoms. The van der Waals surface area contributed by atoms with Gasteiger partial charge >= 0.3 is 5.97 Å². The molecule has 0 saturated heterocycles. The summed E-state index contributed by atoms with van der Waals surface area (Å²) in [5.41, 5.74) is 1.52. The number of carboxylic acids is 1. The molecule has 138 valence electrons. The molecule has 0 saturated carbocycles. The third-order valence-corrected chi connectivity index (χ3v) is 3.87. The van der Waals surface area contributed by atoms with E-state index < -0.39 is 5.97 Å². The second-order valence-electron chi connectivity index (χ2n) is 6.38. The van der Waals surface area contributed by atoms with Gasteiger partial charge in [-0.25, -0.2) is 0 Å². The van der Waals surface area contributed by atoms with Crippen molar-refractivity contribution in [2.75, 3.05) is 6.54 Å². The fourth-order valence-electron chi connectivity index (χ4n) is 2.66. The molecule has 0 fully saturated rings. The molecule has 1 unspecified atom stereocenters. The normalized spacial score (nSPS) is 12.0. The molecule has 0 radical (unpaired) electrons. The van der Waals surface area contributed by atoms with Gasteiger partial charge in [0, 0.05) is 24.6 Å². The first-order valence-electron chi connectivity index (χ1n) is 8.75. The molecule has 0 aromatic heterocycles. The number of hydrogen-bond acceptors (Lipinski definition) is 4. The second kappa shape index (κ2) is 9.73. The van der Waals surface area contributed by atoms with Crippen molar-refractivity contribution >= 4 is 11.8 Å². The van der Waals surface area contributed by atoms with Crippen LogP contribution in [0.2, 0.25) is 0 Å². The lowest BCUT2D eigenvalue weighted by molar-refractivity contribution is -0.137. The van der Waals surface area contributed by atoms with E-state index in [2.05, 4.69) is 5.32 Å². The zero-order valence-electron chi connectivity index (χ0n) is 15.1. The monoisotopic (exact) mass is 355 g/mol. The van der Waals surface area contributed by atoms with E-state index in [0.29, 0.717) is 18.5 Å². The Balaban J connectivity index is 1.90. The van der Waals surface area contributed by atoms with Crippen LogP contribution in [0, 0.1) is 0 Å². The van der Waals surface area contributed by atoms with Crippen molar-refractivity contribution < 1.29 is 19.4 Å². The number of carboxylic acid groups (broad SMARTS) is 1. The molecule has 0 aliphatic rings. The van der Waals surface area contributed by atoms with Crippen molar-refractivity contribution in [3.8, 4) is 5.75 Å². The second-order valence-corrected chi connectivity index (χ2v) is 6.38. The van der Waals surface area contributed by atoms with Gasteiger partial charge in [0.15, 0.2) is 5.78 Å². The van der Waals surface area contributed by atoms with Crippen molar-refractivity contribution in [1.82, 2.24) is 5.32 Å². The maximum atomic E-state index is 12.3. The molecule has 2 rings (SSSR count). The number of carbonyl (C=O) groups excluding carboxylic acids is 1. The van der Waals surface area contributed by atoms with E-state index in [4.69, 9.17) is 9.84 Å². The smallest absolute Gasteiger partial charge is 0.305 e. The molecule has 0 aliphatic carbocycles. The van der Waals surface area contributed by atoms with Crippen LogP contribution in [0.5, 0.6) is 5.75 Å². The molecule has 1 atom stereocenters. The van der Waals surface area contributed by atoms with Gasteiger partial charge in [-0.15, -0.1) is 0 Å². The van der Waals surface area contributed by atoms with Crippen LogP contribution in [0.4, 0.5) is 0 Å². The van der Waals surface area contributed by atoms with Crippen LogP contribution in [-0.4, -0.2) is 29.5 Å². The summed E-state index contributed by atoms with van der Waals surface area (Å²) >= 11 is 0. The number of nitrogens with one attached hydrogen (secondary N) is 1. The number of Topliss-reactive ketones (excluding diaryl/α,β-unsaturated/α-hetero) is 1. The Hall–Kier alpha value is -2.66. The number of aliphatic carboxylic acids is 1. The average molecular weight is 355 g/mol. The average Bonchev–Trinajstić information content (AvgIpc) is 2.61. The van der Waals surface area contributed by atoms with Crippen molar-refractivity contribution in [2.24, 2.45) is 0 Å². The molecule has 2 aromatic carbocycles. The lowest BCUT2D eigenvalue weighted by Gasteiger charge is -2.17. The summed E-state index contributed by atoms with van der Waals surface area (Å²) in [5.74, 6) is -0.130. The third-order valence-electron chi connectivity index (χ3n) is 3.87. The van der Waals surface area contributed by atoms with Crippen LogP contribution in [0.25, 0.3) is 0 Å². The van der Waals surface area contributed by atoms with E-state index >= 15 is 0 Å². The highest BCUT2D eigenvalue weighted by Crippen LogP contribution is 2.17. The van der Waals surface area contributed by atoms with E-state index in [1.54, 1.807) is 24.3 Å². The molecular weight excluding hydrogens is 330 g/mol. The Labute approximate surface area is 154 Å². The number of carbonyl (C=O) groups is 2. The lowest BCUT2D eigenvalue weighted by atomic mass is 10.0. The molecule has 0 heterocycles. The topological polar surface area (TPSA) is 75.6 Å². The fourth-order valence-corrected chi connectivity index (χ4v) is 2.66. The zero-order chi connectivity index (χ0) is 18.9. The predicted octanol–water partition coefficient (Wildman–Crippen LogP) is 3.85.